The number of alkyl halides is 3. The highest BCUT2D eigenvalue weighted by atomic mass is 79.9. The number of nitrogens with one attached hydrogen (secondary N) is 1. The minimum absolute atomic E-state index is 0.0431. The van der Waals surface area contributed by atoms with Crippen molar-refractivity contribution in [2.75, 3.05) is 11.1 Å². The number of nitrogens with zero attached hydrogens (tertiary/aromatic N) is 1. The van der Waals surface area contributed by atoms with Crippen molar-refractivity contribution >= 4 is 44.8 Å². The molecule has 0 atom stereocenters. The fourth-order valence-corrected chi connectivity index (χ4v) is 1.91. The highest BCUT2D eigenvalue weighted by molar-refractivity contribution is 9.10. The van der Waals surface area contributed by atoms with E-state index in [0.29, 0.717) is 0 Å². The van der Waals surface area contributed by atoms with Gasteiger partial charge in [-0.25, -0.2) is 5.32 Å². The molecule has 1 aromatic rings. The van der Waals surface area contributed by atoms with E-state index in [0.717, 1.165) is 6.07 Å². The van der Waals surface area contributed by atoms with Crippen molar-refractivity contribution in [3.63, 3.8) is 0 Å². The first-order valence-corrected chi connectivity index (χ1v) is 5.27. The first-order chi connectivity index (χ1) is 8.21. The van der Waals surface area contributed by atoms with Gasteiger partial charge in [0.05, 0.1) is 11.4 Å². The van der Waals surface area contributed by atoms with Crippen LogP contribution in [0.25, 0.3) is 0 Å². The van der Waals surface area contributed by atoms with Crippen LogP contribution in [-0.4, -0.2) is 11.8 Å². The van der Waals surface area contributed by atoms with Crippen LogP contribution in [0.2, 0.25) is 0 Å². The van der Waals surface area contributed by atoms with Gasteiger partial charge in [-0.05, 0) is 22.0 Å². The Kier molecular flexibility index (Phi) is 2.73. The van der Waals surface area contributed by atoms with Gasteiger partial charge < -0.3 is 11.1 Å². The Labute approximate surface area is 107 Å². The zero-order valence-corrected chi connectivity index (χ0v) is 10.0. The number of rotatable bonds is 0. The molecule has 1 aromatic carbocycles. The SMILES string of the molecule is Nc1c(Br)cc2c(c1C(F)(F)F)[N]C(=O)C(=O)N2. The third kappa shape index (κ3) is 1.90. The van der Waals surface area contributed by atoms with Gasteiger partial charge in [0, 0.05) is 4.47 Å². The molecule has 0 aliphatic carbocycles. The molecular formula is C9H4BrF3N3O2. The van der Waals surface area contributed by atoms with Crippen molar-refractivity contribution in [2.45, 2.75) is 6.18 Å². The minimum atomic E-state index is -4.79. The van der Waals surface area contributed by atoms with Crippen LogP contribution in [0.3, 0.4) is 0 Å². The van der Waals surface area contributed by atoms with Gasteiger partial charge in [0.25, 0.3) is 0 Å². The van der Waals surface area contributed by atoms with Crippen LogP contribution in [0.5, 0.6) is 0 Å². The standard InChI is InChI=1S/C9H4BrF3N3O2/c10-2-1-3-6(16-8(18)7(17)15-3)4(5(2)14)9(11,12)13/h1H,14H2,(H,15,17). The maximum absolute atomic E-state index is 12.9. The fourth-order valence-electron chi connectivity index (χ4n) is 1.48. The lowest BCUT2D eigenvalue weighted by molar-refractivity contribution is -0.138. The molecule has 2 amide bonds. The Morgan fingerprint density at radius 3 is 2.50 bits per heavy atom. The highest BCUT2D eigenvalue weighted by Gasteiger charge is 2.41. The Morgan fingerprint density at radius 2 is 1.94 bits per heavy atom. The molecule has 1 aliphatic heterocycles. The number of hydrogen-bond donors (Lipinski definition) is 2. The monoisotopic (exact) mass is 322 g/mol. The van der Waals surface area contributed by atoms with Gasteiger partial charge >= 0.3 is 18.0 Å². The van der Waals surface area contributed by atoms with E-state index in [1.54, 1.807) is 0 Å². The van der Waals surface area contributed by atoms with Gasteiger partial charge in [-0.15, -0.1) is 0 Å². The first kappa shape index (κ1) is 12.7. The van der Waals surface area contributed by atoms with E-state index in [2.05, 4.69) is 21.2 Å². The average Bonchev–Trinajstić information content (AvgIpc) is 2.21. The van der Waals surface area contributed by atoms with E-state index < -0.39 is 34.9 Å². The minimum Gasteiger partial charge on any atom is -0.397 e. The number of anilines is 2. The summed E-state index contributed by atoms with van der Waals surface area (Å²) in [6.45, 7) is 0. The number of hydrogen-bond acceptors (Lipinski definition) is 3. The number of carbonyl (C=O) groups is 2. The van der Waals surface area contributed by atoms with Crippen molar-refractivity contribution in [3.8, 4) is 0 Å². The van der Waals surface area contributed by atoms with E-state index in [9.17, 15) is 22.8 Å². The molecule has 1 radical (unpaired) electrons. The second kappa shape index (κ2) is 3.87. The summed E-state index contributed by atoms with van der Waals surface area (Å²) in [6, 6.07) is 1.16. The second-order valence-corrected chi connectivity index (χ2v) is 4.27. The van der Waals surface area contributed by atoms with Gasteiger partial charge in [0.1, 0.15) is 11.3 Å². The van der Waals surface area contributed by atoms with Crippen molar-refractivity contribution in [1.29, 1.82) is 0 Å². The zero-order valence-electron chi connectivity index (χ0n) is 8.43. The number of halogens is 4. The molecule has 3 N–H and O–H groups in total. The quantitative estimate of drug-likeness (QED) is 0.563. The normalized spacial score (nSPS) is 14.9. The molecule has 0 saturated carbocycles. The van der Waals surface area contributed by atoms with Crippen LogP contribution in [0.4, 0.5) is 30.2 Å². The Hall–Kier alpha value is -1.77. The molecule has 1 aliphatic rings. The Bertz CT molecular complexity index is 571. The van der Waals surface area contributed by atoms with E-state index in [4.69, 9.17) is 5.73 Å². The highest BCUT2D eigenvalue weighted by Crippen LogP contribution is 2.46. The number of amides is 2. The lowest BCUT2D eigenvalue weighted by Crippen LogP contribution is -2.34. The van der Waals surface area contributed by atoms with E-state index in [1.165, 1.54) is 0 Å². The van der Waals surface area contributed by atoms with Crippen molar-refractivity contribution in [3.05, 3.63) is 16.1 Å². The summed E-state index contributed by atoms with van der Waals surface area (Å²) in [7, 11) is 0. The first-order valence-electron chi connectivity index (χ1n) is 4.48. The van der Waals surface area contributed by atoms with Gasteiger partial charge in [-0.3, -0.25) is 9.59 Å². The molecule has 18 heavy (non-hydrogen) atoms. The van der Waals surface area contributed by atoms with E-state index in [1.807, 2.05) is 5.32 Å². The predicted molar refractivity (Wildman–Crippen MR) is 59.0 cm³/mol. The summed E-state index contributed by atoms with van der Waals surface area (Å²) in [5, 5.41) is 5.15. The maximum atomic E-state index is 12.9. The zero-order chi connectivity index (χ0) is 13.7. The van der Waals surface area contributed by atoms with Crippen molar-refractivity contribution < 1.29 is 22.8 Å². The third-order valence-corrected chi connectivity index (χ3v) is 2.88. The molecule has 0 fully saturated rings. The summed E-state index contributed by atoms with van der Waals surface area (Å²) < 4.78 is 38.5. The number of nitrogens with two attached hydrogens (primary N) is 1. The van der Waals surface area contributed by atoms with Crippen molar-refractivity contribution in [1.82, 2.24) is 5.32 Å². The molecule has 5 nitrogen and oxygen atoms in total. The number of nitrogen functional groups attached to an aromatic ring is 1. The summed E-state index contributed by atoms with van der Waals surface area (Å²) in [6.07, 6.45) is -4.79. The third-order valence-electron chi connectivity index (χ3n) is 2.23. The molecule has 0 saturated heterocycles. The molecule has 0 unspecified atom stereocenters. The topological polar surface area (TPSA) is 86.3 Å². The average molecular weight is 323 g/mol. The Balaban J connectivity index is 2.74. The molecule has 0 spiro atoms. The van der Waals surface area contributed by atoms with Crippen LogP contribution in [0.15, 0.2) is 10.5 Å². The largest absolute Gasteiger partial charge is 0.420 e. The van der Waals surface area contributed by atoms with Crippen LogP contribution >= 0.6 is 15.9 Å². The van der Waals surface area contributed by atoms with Crippen LogP contribution in [-0.2, 0) is 15.8 Å². The molecule has 1 heterocycles. The number of carbonyl (C=O) groups excluding carboxylic acids is 2. The lowest BCUT2D eigenvalue weighted by Gasteiger charge is -2.22. The summed E-state index contributed by atoms with van der Waals surface area (Å²) in [5.74, 6) is -2.39. The van der Waals surface area contributed by atoms with Crippen LogP contribution < -0.4 is 16.4 Å². The van der Waals surface area contributed by atoms with Gasteiger partial charge in [0.15, 0.2) is 0 Å². The molecular weight excluding hydrogens is 319 g/mol. The van der Waals surface area contributed by atoms with Crippen LogP contribution in [0, 0.1) is 0 Å². The van der Waals surface area contributed by atoms with Gasteiger partial charge in [0.2, 0.25) is 0 Å². The van der Waals surface area contributed by atoms with E-state index >= 15 is 0 Å². The smallest absolute Gasteiger partial charge is 0.397 e. The Morgan fingerprint density at radius 1 is 1.33 bits per heavy atom. The number of benzene rings is 1. The molecule has 0 aromatic heterocycles. The molecule has 9 heteroatoms. The fraction of sp³-hybridized carbons (Fsp3) is 0.111. The maximum Gasteiger partial charge on any atom is 0.420 e. The number of fused-ring (bicyclic) bond motifs is 1. The molecule has 95 valence electrons. The molecule has 0 bridgehead atoms. The second-order valence-electron chi connectivity index (χ2n) is 3.41. The molecule has 2 rings (SSSR count). The van der Waals surface area contributed by atoms with Crippen LogP contribution in [0.1, 0.15) is 5.56 Å². The summed E-state index contributed by atoms with van der Waals surface area (Å²) in [5.41, 5.74) is 2.60. The lowest BCUT2D eigenvalue weighted by atomic mass is 10.1. The predicted octanol–water partition coefficient (Wildman–Crippen LogP) is 1.76. The van der Waals surface area contributed by atoms with Gasteiger partial charge in [-0.1, -0.05) is 0 Å². The summed E-state index contributed by atoms with van der Waals surface area (Å²) >= 11 is 2.85. The van der Waals surface area contributed by atoms with Crippen molar-refractivity contribution in [2.24, 2.45) is 0 Å². The van der Waals surface area contributed by atoms with E-state index in [-0.39, 0.29) is 10.2 Å². The van der Waals surface area contributed by atoms with Gasteiger partial charge in [-0.2, -0.15) is 13.2 Å². The summed E-state index contributed by atoms with van der Waals surface area (Å²) in [4.78, 5) is 22.1.